The van der Waals surface area contributed by atoms with Crippen molar-refractivity contribution >= 4 is 11.8 Å². The number of piperidine rings is 2. The minimum atomic E-state index is -0.167. The summed E-state index contributed by atoms with van der Waals surface area (Å²) in [7, 11) is 2.13. The second kappa shape index (κ2) is 5.35. The fourth-order valence-electron chi connectivity index (χ4n) is 3.85. The Hall–Kier alpha value is -1.10. The lowest BCUT2D eigenvalue weighted by atomic mass is 9.93. The van der Waals surface area contributed by atoms with E-state index in [1.165, 1.54) is 0 Å². The highest BCUT2D eigenvalue weighted by Crippen LogP contribution is 2.28. The van der Waals surface area contributed by atoms with Gasteiger partial charge in [0.2, 0.25) is 11.8 Å². The molecule has 0 saturated carbocycles. The van der Waals surface area contributed by atoms with Gasteiger partial charge in [0.15, 0.2) is 0 Å². The summed E-state index contributed by atoms with van der Waals surface area (Å²) in [6, 6.07) is 0.572. The van der Waals surface area contributed by atoms with Gasteiger partial charge in [-0.3, -0.25) is 9.59 Å². The number of likely N-dealkylation sites (tertiary alicyclic amines) is 1. The van der Waals surface area contributed by atoms with Crippen molar-refractivity contribution in [3.05, 3.63) is 0 Å². The molecule has 3 saturated heterocycles. The van der Waals surface area contributed by atoms with E-state index in [0.717, 1.165) is 45.2 Å². The fraction of sp³-hybridized carbons (Fsp3) is 0.867. The molecule has 0 bridgehead atoms. The Morgan fingerprint density at radius 1 is 1.05 bits per heavy atom. The normalized spacial score (nSPS) is 36.2. The van der Waals surface area contributed by atoms with Crippen molar-refractivity contribution in [2.45, 2.75) is 57.2 Å². The van der Waals surface area contributed by atoms with Crippen molar-refractivity contribution in [1.29, 1.82) is 0 Å². The second-order valence-electron chi connectivity index (χ2n) is 6.57. The molecule has 3 fully saturated rings. The first-order valence-electron chi connectivity index (χ1n) is 7.88. The molecular weight excluding hydrogens is 254 g/mol. The second-order valence-corrected chi connectivity index (χ2v) is 6.57. The van der Waals surface area contributed by atoms with E-state index < -0.39 is 0 Å². The Morgan fingerprint density at radius 3 is 2.60 bits per heavy atom. The molecule has 3 aliphatic rings. The van der Waals surface area contributed by atoms with E-state index >= 15 is 0 Å². The lowest BCUT2D eigenvalue weighted by Gasteiger charge is -2.47. The zero-order valence-corrected chi connectivity index (χ0v) is 12.5. The van der Waals surface area contributed by atoms with Gasteiger partial charge in [0, 0.05) is 25.2 Å². The molecule has 3 atom stereocenters. The summed E-state index contributed by atoms with van der Waals surface area (Å²) in [5, 5.41) is 0. The Labute approximate surface area is 120 Å². The van der Waals surface area contributed by atoms with Crippen molar-refractivity contribution in [3.63, 3.8) is 0 Å². The standard InChI is InChI=1S/C15H25N3O2/c1-11-9-12(6-8-16(11)2)18-10-14(19)17-7-4-3-5-13(17)15(18)20/h11-13H,3-10H2,1-2H3. The van der Waals surface area contributed by atoms with Gasteiger partial charge in [-0.05, 0) is 46.1 Å². The first kappa shape index (κ1) is 13.9. The number of hydrogen-bond donors (Lipinski definition) is 0. The molecule has 0 spiro atoms. The van der Waals surface area contributed by atoms with Gasteiger partial charge in [-0.15, -0.1) is 0 Å². The highest BCUT2D eigenvalue weighted by Gasteiger charge is 2.43. The lowest BCUT2D eigenvalue weighted by molar-refractivity contribution is -0.161. The third-order valence-electron chi connectivity index (χ3n) is 5.32. The Balaban J connectivity index is 1.74. The molecule has 3 rings (SSSR count). The Kier molecular flexibility index (Phi) is 3.71. The van der Waals surface area contributed by atoms with Crippen LogP contribution in [0.4, 0.5) is 0 Å². The van der Waals surface area contributed by atoms with Crippen LogP contribution in [0, 0.1) is 0 Å². The molecule has 5 nitrogen and oxygen atoms in total. The number of amides is 2. The summed E-state index contributed by atoms with van der Waals surface area (Å²) in [6.07, 6.45) is 4.94. The van der Waals surface area contributed by atoms with Crippen LogP contribution in [0.5, 0.6) is 0 Å². The van der Waals surface area contributed by atoms with Crippen molar-refractivity contribution in [2.75, 3.05) is 26.7 Å². The van der Waals surface area contributed by atoms with Crippen LogP contribution in [0.25, 0.3) is 0 Å². The van der Waals surface area contributed by atoms with Crippen LogP contribution in [0.2, 0.25) is 0 Å². The molecule has 20 heavy (non-hydrogen) atoms. The third kappa shape index (κ3) is 2.32. The number of nitrogens with zero attached hydrogens (tertiary/aromatic N) is 3. The van der Waals surface area contributed by atoms with Crippen LogP contribution >= 0.6 is 0 Å². The predicted octanol–water partition coefficient (Wildman–Crippen LogP) is 0.692. The molecule has 0 aliphatic carbocycles. The number of rotatable bonds is 1. The van der Waals surface area contributed by atoms with Crippen molar-refractivity contribution in [2.24, 2.45) is 0 Å². The maximum absolute atomic E-state index is 12.7. The van der Waals surface area contributed by atoms with Gasteiger partial charge in [0.1, 0.15) is 12.6 Å². The number of piperazine rings is 1. The molecule has 5 heteroatoms. The van der Waals surface area contributed by atoms with Crippen LogP contribution in [-0.2, 0) is 9.59 Å². The van der Waals surface area contributed by atoms with E-state index in [2.05, 4.69) is 18.9 Å². The molecule has 0 aromatic rings. The maximum Gasteiger partial charge on any atom is 0.246 e. The smallest absolute Gasteiger partial charge is 0.246 e. The van der Waals surface area contributed by atoms with Gasteiger partial charge < -0.3 is 14.7 Å². The van der Waals surface area contributed by atoms with Crippen LogP contribution in [0.1, 0.15) is 39.0 Å². The Morgan fingerprint density at radius 2 is 1.85 bits per heavy atom. The van der Waals surface area contributed by atoms with E-state index in [1.807, 2.05) is 9.80 Å². The van der Waals surface area contributed by atoms with E-state index in [1.54, 1.807) is 0 Å². The molecule has 0 N–H and O–H groups in total. The first-order valence-corrected chi connectivity index (χ1v) is 7.88. The predicted molar refractivity (Wildman–Crippen MR) is 76.2 cm³/mol. The molecule has 3 heterocycles. The van der Waals surface area contributed by atoms with Crippen LogP contribution in [0.15, 0.2) is 0 Å². The zero-order chi connectivity index (χ0) is 14.3. The van der Waals surface area contributed by atoms with E-state index in [9.17, 15) is 9.59 Å². The van der Waals surface area contributed by atoms with Gasteiger partial charge in [0.05, 0.1) is 0 Å². The summed E-state index contributed by atoms with van der Waals surface area (Å²) >= 11 is 0. The van der Waals surface area contributed by atoms with Gasteiger partial charge in [-0.1, -0.05) is 0 Å². The number of carbonyl (C=O) groups is 2. The van der Waals surface area contributed by atoms with Crippen LogP contribution in [-0.4, -0.2) is 71.3 Å². The number of hydrogen-bond acceptors (Lipinski definition) is 3. The monoisotopic (exact) mass is 279 g/mol. The molecule has 0 aromatic heterocycles. The average Bonchev–Trinajstić information content (AvgIpc) is 2.46. The van der Waals surface area contributed by atoms with Crippen molar-refractivity contribution in [3.8, 4) is 0 Å². The average molecular weight is 279 g/mol. The van der Waals surface area contributed by atoms with E-state index in [0.29, 0.717) is 12.6 Å². The van der Waals surface area contributed by atoms with Crippen molar-refractivity contribution in [1.82, 2.24) is 14.7 Å². The summed E-state index contributed by atoms with van der Waals surface area (Å²) in [5.74, 6) is 0.354. The summed E-state index contributed by atoms with van der Waals surface area (Å²) in [5.41, 5.74) is 0. The number of fused-ring (bicyclic) bond motifs is 1. The first-order chi connectivity index (χ1) is 9.58. The highest BCUT2D eigenvalue weighted by atomic mass is 16.2. The summed E-state index contributed by atoms with van der Waals surface area (Å²) in [6.45, 7) is 4.29. The van der Waals surface area contributed by atoms with E-state index in [-0.39, 0.29) is 23.9 Å². The summed E-state index contributed by atoms with van der Waals surface area (Å²) in [4.78, 5) is 31.0. The molecule has 112 valence electrons. The van der Waals surface area contributed by atoms with Gasteiger partial charge in [0.25, 0.3) is 0 Å². The lowest BCUT2D eigenvalue weighted by Crippen LogP contribution is -2.64. The minimum Gasteiger partial charge on any atom is -0.329 e. The molecule has 2 amide bonds. The maximum atomic E-state index is 12.7. The third-order valence-corrected chi connectivity index (χ3v) is 5.32. The quantitative estimate of drug-likeness (QED) is 0.709. The zero-order valence-electron chi connectivity index (χ0n) is 12.5. The molecular formula is C15H25N3O2. The Bertz CT molecular complexity index is 412. The molecule has 0 radical (unpaired) electrons. The van der Waals surface area contributed by atoms with Gasteiger partial charge in [-0.25, -0.2) is 0 Å². The van der Waals surface area contributed by atoms with Gasteiger partial charge >= 0.3 is 0 Å². The highest BCUT2D eigenvalue weighted by molar-refractivity contribution is 5.95. The van der Waals surface area contributed by atoms with Crippen LogP contribution in [0.3, 0.4) is 0 Å². The van der Waals surface area contributed by atoms with Gasteiger partial charge in [-0.2, -0.15) is 0 Å². The molecule has 3 unspecified atom stereocenters. The SMILES string of the molecule is CC1CC(N2CC(=O)N3CCCCC3C2=O)CCN1C. The van der Waals surface area contributed by atoms with Crippen molar-refractivity contribution < 1.29 is 9.59 Å². The molecule has 0 aromatic carbocycles. The topological polar surface area (TPSA) is 43.9 Å². The minimum absolute atomic E-state index is 0.154. The van der Waals surface area contributed by atoms with Crippen LogP contribution < -0.4 is 0 Å². The number of carbonyl (C=O) groups excluding carboxylic acids is 2. The largest absolute Gasteiger partial charge is 0.329 e. The molecule has 3 aliphatic heterocycles. The fourth-order valence-corrected chi connectivity index (χ4v) is 3.85. The summed E-state index contributed by atoms with van der Waals surface area (Å²) < 4.78 is 0. The van der Waals surface area contributed by atoms with E-state index in [4.69, 9.17) is 0 Å².